The van der Waals surface area contributed by atoms with Crippen LogP contribution in [0.3, 0.4) is 0 Å². The molecule has 4 heteroatoms. The summed E-state index contributed by atoms with van der Waals surface area (Å²) in [7, 11) is 0. The summed E-state index contributed by atoms with van der Waals surface area (Å²) in [4.78, 5) is 11.8. The van der Waals surface area contributed by atoms with Gasteiger partial charge in [0.2, 0.25) is 0 Å². The Bertz CT molecular complexity index is 370. The largest absolute Gasteiger partial charge is 0.466 e. The van der Waals surface area contributed by atoms with Crippen LogP contribution in [0.4, 0.5) is 0 Å². The highest BCUT2D eigenvalue weighted by Crippen LogP contribution is 2.18. The summed E-state index contributed by atoms with van der Waals surface area (Å²) in [5.74, 6) is -0.0800. The smallest absolute Gasteiger partial charge is 0.306 e. The molecule has 120 valence electrons. The summed E-state index contributed by atoms with van der Waals surface area (Å²) in [6.45, 7) is 3.20. The van der Waals surface area contributed by atoms with Gasteiger partial charge in [-0.1, -0.05) is 62.9 Å². The predicted molar refractivity (Wildman–Crippen MR) is 89.8 cm³/mol. The zero-order chi connectivity index (χ0) is 14.6. The summed E-state index contributed by atoms with van der Waals surface area (Å²) in [5.41, 5.74) is 6.86. The molecule has 0 spiro atoms. The molecular formula is C17H28ClNO2. The van der Waals surface area contributed by atoms with Gasteiger partial charge in [-0.3, -0.25) is 4.79 Å². The van der Waals surface area contributed by atoms with Gasteiger partial charge in [-0.2, -0.15) is 0 Å². The molecule has 1 aromatic rings. The van der Waals surface area contributed by atoms with Gasteiger partial charge in [-0.25, -0.2) is 0 Å². The molecule has 0 bridgehead atoms. The Morgan fingerprint density at radius 3 is 2.43 bits per heavy atom. The molecule has 0 fully saturated rings. The van der Waals surface area contributed by atoms with Crippen LogP contribution in [-0.2, 0) is 9.53 Å². The van der Waals surface area contributed by atoms with Crippen molar-refractivity contribution >= 4 is 18.4 Å². The zero-order valence-corrected chi connectivity index (χ0v) is 13.7. The van der Waals surface area contributed by atoms with Gasteiger partial charge in [-0.05, 0) is 18.5 Å². The minimum Gasteiger partial charge on any atom is -0.466 e. The Morgan fingerprint density at radius 2 is 1.81 bits per heavy atom. The van der Waals surface area contributed by atoms with Crippen LogP contribution in [0.15, 0.2) is 30.3 Å². The lowest BCUT2D eigenvalue weighted by molar-refractivity contribution is -0.144. The maximum Gasteiger partial charge on any atom is 0.306 e. The van der Waals surface area contributed by atoms with Crippen molar-refractivity contribution in [1.29, 1.82) is 0 Å². The van der Waals surface area contributed by atoms with E-state index < -0.39 is 0 Å². The number of unbranched alkanes of at least 4 members (excludes halogenated alkanes) is 4. The lowest BCUT2D eigenvalue weighted by Gasteiger charge is -2.14. The van der Waals surface area contributed by atoms with Crippen LogP contribution < -0.4 is 5.73 Å². The lowest BCUT2D eigenvalue weighted by Crippen LogP contribution is -2.18. The first kappa shape index (κ1) is 19.9. The molecule has 1 rings (SSSR count). The van der Waals surface area contributed by atoms with Crippen LogP contribution in [-0.4, -0.2) is 19.1 Å². The van der Waals surface area contributed by atoms with E-state index in [1.165, 1.54) is 19.3 Å². The summed E-state index contributed by atoms with van der Waals surface area (Å²) < 4.78 is 5.28. The Morgan fingerprint density at radius 1 is 1.14 bits per heavy atom. The van der Waals surface area contributed by atoms with Crippen molar-refractivity contribution in [1.82, 2.24) is 0 Å². The van der Waals surface area contributed by atoms with Gasteiger partial charge in [0.05, 0.1) is 13.0 Å². The van der Waals surface area contributed by atoms with Crippen LogP contribution in [0, 0.1) is 0 Å². The van der Waals surface area contributed by atoms with E-state index in [0.29, 0.717) is 19.6 Å². The monoisotopic (exact) mass is 313 g/mol. The number of ether oxygens (including phenoxy) is 1. The highest BCUT2D eigenvalue weighted by atomic mass is 35.5. The molecule has 0 aliphatic carbocycles. The molecule has 0 radical (unpaired) electrons. The molecule has 1 aromatic carbocycles. The quantitative estimate of drug-likeness (QED) is 0.523. The molecule has 0 aliphatic heterocycles. The summed E-state index contributed by atoms with van der Waals surface area (Å²) in [6, 6.07) is 9.92. The zero-order valence-electron chi connectivity index (χ0n) is 12.9. The van der Waals surface area contributed by atoms with E-state index in [4.69, 9.17) is 10.5 Å². The van der Waals surface area contributed by atoms with Gasteiger partial charge in [0.1, 0.15) is 0 Å². The molecule has 3 nitrogen and oxygen atoms in total. The van der Waals surface area contributed by atoms with Crippen LogP contribution in [0.2, 0.25) is 0 Å². The first-order chi connectivity index (χ1) is 9.77. The SMILES string of the molecule is CCCCCCCOC(=O)CC(CN)c1ccccc1.Cl. The Balaban J connectivity index is 0.00000400. The molecular weight excluding hydrogens is 286 g/mol. The third-order valence-corrected chi connectivity index (χ3v) is 3.48. The molecule has 2 N–H and O–H groups in total. The van der Waals surface area contributed by atoms with E-state index >= 15 is 0 Å². The van der Waals surface area contributed by atoms with Crippen LogP contribution in [0.5, 0.6) is 0 Å². The topological polar surface area (TPSA) is 52.3 Å². The van der Waals surface area contributed by atoms with Crippen molar-refractivity contribution in [3.8, 4) is 0 Å². The maximum atomic E-state index is 11.8. The predicted octanol–water partition coefficient (Wildman–Crippen LogP) is 4.05. The van der Waals surface area contributed by atoms with E-state index in [1.807, 2.05) is 30.3 Å². The normalized spacial score (nSPS) is 11.5. The molecule has 0 saturated carbocycles. The first-order valence-electron chi connectivity index (χ1n) is 7.68. The van der Waals surface area contributed by atoms with Crippen LogP contribution >= 0.6 is 12.4 Å². The van der Waals surface area contributed by atoms with E-state index in [2.05, 4.69) is 6.92 Å². The maximum absolute atomic E-state index is 11.8. The fourth-order valence-corrected chi connectivity index (χ4v) is 2.21. The van der Waals surface area contributed by atoms with Crippen molar-refractivity contribution in [3.63, 3.8) is 0 Å². The summed E-state index contributed by atoms with van der Waals surface area (Å²) in [6.07, 6.45) is 6.19. The minimum atomic E-state index is -0.139. The average Bonchev–Trinajstić information content (AvgIpc) is 2.49. The number of hydrogen-bond donors (Lipinski definition) is 1. The number of rotatable bonds is 10. The average molecular weight is 314 g/mol. The number of hydrogen-bond acceptors (Lipinski definition) is 3. The van der Waals surface area contributed by atoms with Gasteiger partial charge in [-0.15, -0.1) is 12.4 Å². The fraction of sp³-hybridized carbons (Fsp3) is 0.588. The minimum absolute atomic E-state index is 0. The number of benzene rings is 1. The standard InChI is InChI=1S/C17H27NO2.ClH/c1-2-3-4-5-9-12-20-17(19)13-16(14-18)15-10-7-6-8-11-15;/h6-8,10-11,16H,2-5,9,12-14,18H2,1H3;1H. The Kier molecular flexibility index (Phi) is 12.0. The number of carbonyl (C=O) groups is 1. The van der Waals surface area contributed by atoms with Gasteiger partial charge < -0.3 is 10.5 Å². The van der Waals surface area contributed by atoms with Crippen molar-refractivity contribution in [2.24, 2.45) is 5.73 Å². The van der Waals surface area contributed by atoms with Crippen molar-refractivity contribution in [2.45, 2.75) is 51.4 Å². The fourth-order valence-electron chi connectivity index (χ4n) is 2.21. The van der Waals surface area contributed by atoms with Gasteiger partial charge in [0.25, 0.3) is 0 Å². The lowest BCUT2D eigenvalue weighted by atomic mass is 9.96. The van der Waals surface area contributed by atoms with Crippen LogP contribution in [0.25, 0.3) is 0 Å². The first-order valence-corrected chi connectivity index (χ1v) is 7.68. The van der Waals surface area contributed by atoms with E-state index in [9.17, 15) is 4.79 Å². The highest BCUT2D eigenvalue weighted by molar-refractivity contribution is 5.85. The highest BCUT2D eigenvalue weighted by Gasteiger charge is 2.15. The molecule has 0 saturated heterocycles. The molecule has 0 amide bonds. The van der Waals surface area contributed by atoms with Gasteiger partial charge in [0, 0.05) is 5.92 Å². The van der Waals surface area contributed by atoms with Gasteiger partial charge >= 0.3 is 5.97 Å². The molecule has 1 atom stereocenters. The van der Waals surface area contributed by atoms with E-state index in [0.717, 1.165) is 18.4 Å². The molecule has 0 aliphatic rings. The van der Waals surface area contributed by atoms with Crippen molar-refractivity contribution < 1.29 is 9.53 Å². The molecule has 21 heavy (non-hydrogen) atoms. The van der Waals surface area contributed by atoms with E-state index in [-0.39, 0.29) is 24.3 Å². The Labute approximate surface area is 134 Å². The second-order valence-corrected chi connectivity index (χ2v) is 5.18. The number of carbonyl (C=O) groups excluding carboxylic acids is 1. The number of halogens is 1. The van der Waals surface area contributed by atoms with Gasteiger partial charge in [0.15, 0.2) is 0 Å². The van der Waals surface area contributed by atoms with Crippen molar-refractivity contribution in [2.75, 3.05) is 13.2 Å². The summed E-state index contributed by atoms with van der Waals surface area (Å²) >= 11 is 0. The molecule has 1 unspecified atom stereocenters. The third-order valence-electron chi connectivity index (χ3n) is 3.48. The summed E-state index contributed by atoms with van der Waals surface area (Å²) in [5, 5.41) is 0. The van der Waals surface area contributed by atoms with Crippen molar-refractivity contribution in [3.05, 3.63) is 35.9 Å². The second kappa shape index (κ2) is 12.7. The molecule has 0 aromatic heterocycles. The second-order valence-electron chi connectivity index (χ2n) is 5.18. The third kappa shape index (κ3) is 8.74. The number of nitrogens with two attached hydrogens (primary N) is 1. The Hall–Kier alpha value is -1.06. The van der Waals surface area contributed by atoms with E-state index in [1.54, 1.807) is 0 Å². The molecule has 0 heterocycles. The van der Waals surface area contributed by atoms with Crippen LogP contribution in [0.1, 0.15) is 56.9 Å². The number of esters is 1.